The van der Waals surface area contributed by atoms with Gasteiger partial charge in [-0.15, -0.1) is 11.3 Å². The van der Waals surface area contributed by atoms with Gasteiger partial charge in [0.05, 0.1) is 11.0 Å². The molecule has 19 heavy (non-hydrogen) atoms. The molecule has 0 aliphatic carbocycles. The molecule has 0 radical (unpaired) electrons. The van der Waals surface area contributed by atoms with E-state index in [4.69, 9.17) is 0 Å². The van der Waals surface area contributed by atoms with Crippen LogP contribution in [0.5, 0.6) is 0 Å². The SMILES string of the molecule is CCc1cc(C(=O)NCC(O)c2ccsc2)sc1C. The molecule has 5 heteroatoms. The molecule has 0 aliphatic rings. The molecule has 2 aromatic rings. The van der Waals surface area contributed by atoms with Crippen LogP contribution >= 0.6 is 22.7 Å². The first-order chi connectivity index (χ1) is 9.11. The number of thiophene rings is 2. The van der Waals surface area contributed by atoms with E-state index in [0.29, 0.717) is 4.88 Å². The van der Waals surface area contributed by atoms with E-state index in [1.54, 1.807) is 0 Å². The molecule has 2 rings (SSSR count). The van der Waals surface area contributed by atoms with Crippen molar-refractivity contribution in [2.75, 3.05) is 6.54 Å². The molecule has 1 amide bonds. The van der Waals surface area contributed by atoms with Gasteiger partial charge in [-0.3, -0.25) is 4.79 Å². The largest absolute Gasteiger partial charge is 0.387 e. The number of rotatable bonds is 5. The topological polar surface area (TPSA) is 49.3 Å². The van der Waals surface area contributed by atoms with Crippen molar-refractivity contribution >= 4 is 28.6 Å². The molecule has 0 spiro atoms. The molecule has 2 heterocycles. The van der Waals surface area contributed by atoms with E-state index in [2.05, 4.69) is 12.2 Å². The summed E-state index contributed by atoms with van der Waals surface area (Å²) in [7, 11) is 0. The standard InChI is InChI=1S/C14H17NO2S2/c1-3-10-6-13(19-9(10)2)14(17)15-7-12(16)11-4-5-18-8-11/h4-6,8,12,16H,3,7H2,1-2H3,(H,15,17). The third kappa shape index (κ3) is 3.43. The third-order valence-electron chi connectivity index (χ3n) is 3.01. The Morgan fingerprint density at radius 3 is 2.89 bits per heavy atom. The number of hydrogen-bond donors (Lipinski definition) is 2. The van der Waals surface area contributed by atoms with Gasteiger partial charge in [0.25, 0.3) is 5.91 Å². The number of nitrogens with one attached hydrogen (secondary N) is 1. The van der Waals surface area contributed by atoms with Crippen molar-refractivity contribution in [1.82, 2.24) is 5.32 Å². The van der Waals surface area contributed by atoms with Crippen LogP contribution in [-0.4, -0.2) is 17.6 Å². The first-order valence-corrected chi connectivity index (χ1v) is 7.95. The number of aliphatic hydroxyl groups excluding tert-OH is 1. The van der Waals surface area contributed by atoms with Crippen molar-refractivity contribution in [3.8, 4) is 0 Å². The molecular weight excluding hydrogens is 278 g/mol. The highest BCUT2D eigenvalue weighted by Crippen LogP contribution is 2.22. The Bertz CT molecular complexity index is 546. The van der Waals surface area contributed by atoms with Gasteiger partial charge in [0.15, 0.2) is 0 Å². The van der Waals surface area contributed by atoms with Crippen molar-refractivity contribution in [1.29, 1.82) is 0 Å². The van der Waals surface area contributed by atoms with Crippen molar-refractivity contribution in [2.24, 2.45) is 0 Å². The fourth-order valence-electron chi connectivity index (χ4n) is 1.84. The second-order valence-corrected chi connectivity index (χ2v) is 6.36. The highest BCUT2D eigenvalue weighted by molar-refractivity contribution is 7.14. The summed E-state index contributed by atoms with van der Waals surface area (Å²) in [5, 5.41) is 16.5. The average Bonchev–Trinajstić information content (AvgIpc) is 3.04. The zero-order chi connectivity index (χ0) is 13.8. The zero-order valence-electron chi connectivity index (χ0n) is 11.0. The Kier molecular flexibility index (Phi) is 4.74. The van der Waals surface area contributed by atoms with Gasteiger partial charge in [-0.05, 0) is 47.4 Å². The summed E-state index contributed by atoms with van der Waals surface area (Å²) in [6, 6.07) is 3.80. The van der Waals surface area contributed by atoms with Crippen LogP contribution in [-0.2, 0) is 6.42 Å². The molecule has 2 aromatic heterocycles. The summed E-state index contributed by atoms with van der Waals surface area (Å²) in [4.78, 5) is 13.9. The Morgan fingerprint density at radius 2 is 2.32 bits per heavy atom. The van der Waals surface area contributed by atoms with Gasteiger partial charge < -0.3 is 10.4 Å². The minimum absolute atomic E-state index is 0.109. The van der Waals surface area contributed by atoms with Crippen LogP contribution in [0.25, 0.3) is 0 Å². The van der Waals surface area contributed by atoms with E-state index in [0.717, 1.165) is 12.0 Å². The van der Waals surface area contributed by atoms with E-state index in [9.17, 15) is 9.90 Å². The predicted octanol–water partition coefficient (Wildman–Crippen LogP) is 3.14. The number of aryl methyl sites for hydroxylation is 2. The number of carbonyl (C=O) groups is 1. The highest BCUT2D eigenvalue weighted by Gasteiger charge is 2.14. The number of amides is 1. The molecule has 0 saturated heterocycles. The van der Waals surface area contributed by atoms with E-state index >= 15 is 0 Å². The number of hydrogen-bond acceptors (Lipinski definition) is 4. The lowest BCUT2D eigenvalue weighted by Gasteiger charge is -2.09. The van der Waals surface area contributed by atoms with Crippen LogP contribution in [0.15, 0.2) is 22.9 Å². The van der Waals surface area contributed by atoms with Crippen LogP contribution < -0.4 is 5.32 Å². The molecule has 1 atom stereocenters. The van der Waals surface area contributed by atoms with E-state index in [-0.39, 0.29) is 12.5 Å². The van der Waals surface area contributed by atoms with Gasteiger partial charge in [0, 0.05) is 11.4 Å². The van der Waals surface area contributed by atoms with Gasteiger partial charge in [-0.2, -0.15) is 11.3 Å². The summed E-state index contributed by atoms with van der Waals surface area (Å²) in [5.74, 6) is -0.109. The normalized spacial score (nSPS) is 12.4. The van der Waals surface area contributed by atoms with Crippen molar-refractivity contribution in [3.05, 3.63) is 43.8 Å². The Balaban J connectivity index is 1.94. The van der Waals surface area contributed by atoms with Crippen molar-refractivity contribution in [3.63, 3.8) is 0 Å². The first kappa shape index (κ1) is 14.2. The lowest BCUT2D eigenvalue weighted by molar-refractivity contribution is 0.0920. The molecule has 1 unspecified atom stereocenters. The quantitative estimate of drug-likeness (QED) is 0.890. The van der Waals surface area contributed by atoms with Crippen LogP contribution in [0, 0.1) is 6.92 Å². The van der Waals surface area contributed by atoms with Crippen LogP contribution in [0.2, 0.25) is 0 Å². The summed E-state index contributed by atoms with van der Waals surface area (Å²) >= 11 is 3.04. The molecule has 0 bridgehead atoms. The maximum absolute atomic E-state index is 12.0. The van der Waals surface area contributed by atoms with Gasteiger partial charge >= 0.3 is 0 Å². The van der Waals surface area contributed by atoms with E-state index in [1.165, 1.54) is 33.1 Å². The second-order valence-electron chi connectivity index (χ2n) is 4.33. The van der Waals surface area contributed by atoms with E-state index in [1.807, 2.05) is 29.8 Å². The highest BCUT2D eigenvalue weighted by atomic mass is 32.1. The van der Waals surface area contributed by atoms with Gasteiger partial charge in [0.1, 0.15) is 0 Å². The van der Waals surface area contributed by atoms with Crippen molar-refractivity contribution < 1.29 is 9.90 Å². The smallest absolute Gasteiger partial charge is 0.261 e. The summed E-state index contributed by atoms with van der Waals surface area (Å²) in [6.07, 6.45) is 0.301. The fourth-order valence-corrected chi connectivity index (χ4v) is 3.58. The third-order valence-corrected chi connectivity index (χ3v) is 4.80. The second kappa shape index (κ2) is 6.32. The minimum Gasteiger partial charge on any atom is -0.387 e. The van der Waals surface area contributed by atoms with Crippen molar-refractivity contribution in [2.45, 2.75) is 26.4 Å². The monoisotopic (exact) mass is 295 g/mol. The maximum atomic E-state index is 12.0. The van der Waals surface area contributed by atoms with Crippen LogP contribution in [0.3, 0.4) is 0 Å². The Labute approximate surface area is 120 Å². The van der Waals surface area contributed by atoms with Crippen LogP contribution in [0.4, 0.5) is 0 Å². The van der Waals surface area contributed by atoms with Crippen LogP contribution in [0.1, 0.15) is 38.7 Å². The molecule has 0 saturated carbocycles. The number of carbonyl (C=O) groups excluding carboxylic acids is 1. The molecular formula is C14H17NO2S2. The van der Waals surface area contributed by atoms with Gasteiger partial charge in [-0.25, -0.2) is 0 Å². The summed E-state index contributed by atoms with van der Waals surface area (Å²) in [6.45, 7) is 4.35. The predicted molar refractivity (Wildman–Crippen MR) is 80.0 cm³/mol. The lowest BCUT2D eigenvalue weighted by Crippen LogP contribution is -2.27. The van der Waals surface area contributed by atoms with Gasteiger partial charge in [0.2, 0.25) is 0 Å². The summed E-state index contributed by atoms with van der Waals surface area (Å²) in [5.41, 5.74) is 2.07. The average molecular weight is 295 g/mol. The Morgan fingerprint density at radius 1 is 1.53 bits per heavy atom. The fraction of sp³-hybridized carbons (Fsp3) is 0.357. The summed E-state index contributed by atoms with van der Waals surface area (Å²) < 4.78 is 0. The molecule has 3 nitrogen and oxygen atoms in total. The molecule has 2 N–H and O–H groups in total. The van der Waals surface area contributed by atoms with Gasteiger partial charge in [-0.1, -0.05) is 6.92 Å². The minimum atomic E-state index is -0.637. The number of aliphatic hydroxyl groups is 1. The molecule has 0 aromatic carbocycles. The molecule has 0 fully saturated rings. The lowest BCUT2D eigenvalue weighted by atomic mass is 10.2. The first-order valence-electron chi connectivity index (χ1n) is 6.19. The molecule has 0 aliphatic heterocycles. The molecule has 102 valence electrons. The van der Waals surface area contributed by atoms with E-state index < -0.39 is 6.10 Å². The zero-order valence-corrected chi connectivity index (χ0v) is 12.6. The maximum Gasteiger partial charge on any atom is 0.261 e. The Hall–Kier alpha value is -1.17.